The molecule has 0 aliphatic carbocycles. The maximum Gasteiger partial charge on any atom is 0.186 e. The summed E-state index contributed by atoms with van der Waals surface area (Å²) >= 11 is 1.30. The zero-order valence-electron chi connectivity index (χ0n) is 8.80. The van der Waals surface area contributed by atoms with Crippen LogP contribution >= 0.6 is 11.8 Å². The number of rotatable bonds is 3. The zero-order valence-corrected chi connectivity index (χ0v) is 9.62. The molecule has 1 heterocycles. The molecule has 2 aromatic rings. The van der Waals surface area contributed by atoms with E-state index in [2.05, 4.69) is 15.4 Å². The van der Waals surface area contributed by atoms with Gasteiger partial charge in [-0.15, -0.1) is 0 Å². The summed E-state index contributed by atoms with van der Waals surface area (Å²) in [5.41, 5.74) is 2.77. The zero-order chi connectivity index (χ0) is 11.4. The number of thioether (sulfide) groups is 1. The van der Waals surface area contributed by atoms with Crippen molar-refractivity contribution in [3.8, 4) is 0 Å². The quantitative estimate of drug-likeness (QED) is 0.883. The third kappa shape index (κ3) is 2.70. The van der Waals surface area contributed by atoms with Gasteiger partial charge < -0.3 is 0 Å². The van der Waals surface area contributed by atoms with E-state index in [-0.39, 0.29) is 5.12 Å². The van der Waals surface area contributed by atoms with Crippen LogP contribution in [0.1, 0.15) is 12.5 Å². The van der Waals surface area contributed by atoms with Gasteiger partial charge in [0.25, 0.3) is 0 Å². The van der Waals surface area contributed by atoms with Crippen molar-refractivity contribution < 1.29 is 4.79 Å². The van der Waals surface area contributed by atoms with E-state index in [4.69, 9.17) is 0 Å². The Labute approximate surface area is 97.1 Å². The first-order chi connectivity index (χ1) is 7.75. The van der Waals surface area contributed by atoms with Gasteiger partial charge in [0.05, 0.1) is 0 Å². The normalized spacial score (nSPS) is 11.3. The number of nitrogens with zero attached hydrogens (tertiary/aromatic N) is 2. The van der Waals surface area contributed by atoms with Gasteiger partial charge in [-0.25, -0.2) is 0 Å². The molecule has 0 saturated carbocycles. The van der Waals surface area contributed by atoms with Crippen LogP contribution in [-0.4, -0.2) is 26.3 Å². The number of benzene rings is 1. The van der Waals surface area contributed by atoms with E-state index in [1.165, 1.54) is 11.8 Å². The molecule has 0 atom stereocenters. The van der Waals surface area contributed by atoms with Crippen molar-refractivity contribution in [2.75, 3.05) is 5.75 Å². The Morgan fingerprint density at radius 2 is 2.25 bits per heavy atom. The van der Waals surface area contributed by atoms with Crippen LogP contribution in [0.4, 0.5) is 0 Å². The smallest absolute Gasteiger partial charge is 0.186 e. The van der Waals surface area contributed by atoms with Crippen molar-refractivity contribution in [2.24, 2.45) is 0 Å². The lowest BCUT2D eigenvalue weighted by Crippen LogP contribution is -1.81. The standard InChI is InChI=1S/C11H11N3OS/c1-8(15)16-6-2-3-9-4-5-10-11(7-9)13-14-12-10/h2-5,7H,6H2,1H3,(H,12,13,14). The SMILES string of the molecule is CC(=O)SCC=Cc1ccc2n[nH]nc2c1. The Morgan fingerprint density at radius 1 is 1.44 bits per heavy atom. The Hall–Kier alpha value is -1.62. The van der Waals surface area contributed by atoms with Gasteiger partial charge in [0.2, 0.25) is 0 Å². The van der Waals surface area contributed by atoms with E-state index in [0.29, 0.717) is 5.75 Å². The van der Waals surface area contributed by atoms with Crippen molar-refractivity contribution in [1.29, 1.82) is 0 Å². The van der Waals surface area contributed by atoms with Crippen LogP contribution < -0.4 is 0 Å². The fourth-order valence-corrected chi connectivity index (χ4v) is 1.74. The lowest BCUT2D eigenvalue weighted by Gasteiger charge is -1.92. The highest BCUT2D eigenvalue weighted by molar-refractivity contribution is 8.13. The average Bonchev–Trinajstić information content (AvgIpc) is 2.71. The average molecular weight is 233 g/mol. The molecule has 0 aliphatic rings. The van der Waals surface area contributed by atoms with E-state index >= 15 is 0 Å². The minimum Gasteiger partial charge on any atom is -0.288 e. The van der Waals surface area contributed by atoms with Crippen LogP contribution in [0.2, 0.25) is 0 Å². The summed E-state index contributed by atoms with van der Waals surface area (Å²) in [4.78, 5) is 10.7. The molecule has 1 N–H and O–H groups in total. The van der Waals surface area contributed by atoms with Gasteiger partial charge in [-0.05, 0) is 17.7 Å². The lowest BCUT2D eigenvalue weighted by molar-refractivity contribution is -0.109. The molecule has 0 fully saturated rings. The number of fused-ring (bicyclic) bond motifs is 1. The number of aromatic nitrogens is 3. The number of aromatic amines is 1. The molecule has 0 bridgehead atoms. The van der Waals surface area contributed by atoms with E-state index < -0.39 is 0 Å². The highest BCUT2D eigenvalue weighted by atomic mass is 32.2. The van der Waals surface area contributed by atoms with Gasteiger partial charge in [-0.1, -0.05) is 30.0 Å². The van der Waals surface area contributed by atoms with Crippen molar-refractivity contribution in [3.63, 3.8) is 0 Å². The second kappa shape index (κ2) is 4.94. The van der Waals surface area contributed by atoms with Crippen LogP contribution in [0.15, 0.2) is 24.3 Å². The van der Waals surface area contributed by atoms with Crippen molar-refractivity contribution in [1.82, 2.24) is 15.4 Å². The van der Waals surface area contributed by atoms with E-state index in [9.17, 15) is 4.79 Å². The molecule has 2 rings (SSSR count). The Morgan fingerprint density at radius 3 is 3.06 bits per heavy atom. The topological polar surface area (TPSA) is 58.6 Å². The largest absolute Gasteiger partial charge is 0.288 e. The van der Waals surface area contributed by atoms with Gasteiger partial charge in [0.15, 0.2) is 5.12 Å². The van der Waals surface area contributed by atoms with Crippen LogP contribution in [0.3, 0.4) is 0 Å². The molecule has 0 amide bonds. The second-order valence-electron chi connectivity index (χ2n) is 3.28. The van der Waals surface area contributed by atoms with Gasteiger partial charge in [0, 0.05) is 12.7 Å². The fourth-order valence-electron chi connectivity index (χ4n) is 1.31. The molecule has 1 aromatic carbocycles. The minimum atomic E-state index is 0.136. The highest BCUT2D eigenvalue weighted by Gasteiger charge is 1.97. The predicted octanol–water partition coefficient (Wildman–Crippen LogP) is 2.25. The molecular weight excluding hydrogens is 222 g/mol. The van der Waals surface area contributed by atoms with Crippen LogP contribution in [0, 0.1) is 0 Å². The molecule has 1 aromatic heterocycles. The number of carbonyl (C=O) groups is 1. The van der Waals surface area contributed by atoms with E-state index in [1.54, 1.807) is 6.92 Å². The van der Waals surface area contributed by atoms with Gasteiger partial charge in [0.1, 0.15) is 11.0 Å². The Balaban J connectivity index is 2.06. The summed E-state index contributed by atoms with van der Waals surface area (Å²) in [5, 5.41) is 10.7. The highest BCUT2D eigenvalue weighted by Crippen LogP contribution is 2.12. The molecule has 0 aliphatic heterocycles. The number of nitrogens with one attached hydrogen (secondary N) is 1. The monoisotopic (exact) mass is 233 g/mol. The summed E-state index contributed by atoms with van der Waals surface area (Å²) in [6.07, 6.45) is 3.94. The molecule has 0 saturated heterocycles. The van der Waals surface area contributed by atoms with Crippen molar-refractivity contribution >= 4 is 34.0 Å². The minimum absolute atomic E-state index is 0.136. The van der Waals surface area contributed by atoms with Crippen LogP contribution in [0.25, 0.3) is 17.1 Å². The molecule has 16 heavy (non-hydrogen) atoms. The molecule has 5 heteroatoms. The fraction of sp³-hybridized carbons (Fsp3) is 0.182. The van der Waals surface area contributed by atoms with E-state index in [0.717, 1.165) is 16.6 Å². The molecule has 0 radical (unpaired) electrons. The summed E-state index contributed by atoms with van der Waals surface area (Å²) in [6, 6.07) is 5.84. The molecule has 0 unspecified atom stereocenters. The number of carbonyl (C=O) groups excluding carboxylic acids is 1. The van der Waals surface area contributed by atoms with Crippen molar-refractivity contribution in [2.45, 2.75) is 6.92 Å². The predicted molar refractivity (Wildman–Crippen MR) is 66.1 cm³/mol. The molecule has 82 valence electrons. The molecule has 4 nitrogen and oxygen atoms in total. The van der Waals surface area contributed by atoms with Crippen molar-refractivity contribution in [3.05, 3.63) is 29.8 Å². The third-order valence-corrected chi connectivity index (χ3v) is 2.80. The van der Waals surface area contributed by atoms with Gasteiger partial charge in [-0.3, -0.25) is 4.79 Å². The van der Waals surface area contributed by atoms with Gasteiger partial charge in [-0.2, -0.15) is 15.4 Å². The maximum atomic E-state index is 10.7. The third-order valence-electron chi connectivity index (χ3n) is 2.03. The second-order valence-corrected chi connectivity index (χ2v) is 4.47. The van der Waals surface area contributed by atoms with Crippen LogP contribution in [0.5, 0.6) is 0 Å². The van der Waals surface area contributed by atoms with Gasteiger partial charge >= 0.3 is 0 Å². The summed E-state index contributed by atoms with van der Waals surface area (Å²) in [7, 11) is 0. The summed E-state index contributed by atoms with van der Waals surface area (Å²) in [5.74, 6) is 0.701. The molecular formula is C11H11N3OS. The lowest BCUT2D eigenvalue weighted by atomic mass is 10.2. The number of hydrogen-bond acceptors (Lipinski definition) is 4. The Bertz CT molecular complexity index is 533. The first-order valence-corrected chi connectivity index (χ1v) is 5.85. The summed E-state index contributed by atoms with van der Waals surface area (Å²) in [6.45, 7) is 1.57. The van der Waals surface area contributed by atoms with Crippen LogP contribution in [-0.2, 0) is 4.79 Å². The number of H-pyrrole nitrogens is 1. The first-order valence-electron chi connectivity index (χ1n) is 4.86. The summed E-state index contributed by atoms with van der Waals surface area (Å²) < 4.78 is 0. The molecule has 0 spiro atoms. The maximum absolute atomic E-state index is 10.7. The Kier molecular flexibility index (Phi) is 3.36. The number of hydrogen-bond donors (Lipinski definition) is 1. The first kappa shape index (κ1) is 10.9. The van der Waals surface area contributed by atoms with E-state index in [1.807, 2.05) is 30.4 Å².